The van der Waals surface area contributed by atoms with E-state index in [0.29, 0.717) is 0 Å². The number of hydrogen-bond acceptors (Lipinski definition) is 4. The van der Waals surface area contributed by atoms with E-state index < -0.39 is 0 Å². The topological polar surface area (TPSA) is 48.1 Å². The summed E-state index contributed by atoms with van der Waals surface area (Å²) < 4.78 is 5.71. The predicted octanol–water partition coefficient (Wildman–Crippen LogP) is 3.18. The van der Waals surface area contributed by atoms with Gasteiger partial charge in [-0.05, 0) is 19.3 Å². The number of nitrogens with zero attached hydrogens (tertiary/aromatic N) is 1. The van der Waals surface area contributed by atoms with Crippen LogP contribution in [0.1, 0.15) is 57.7 Å². The van der Waals surface area contributed by atoms with Crippen molar-refractivity contribution in [1.29, 1.82) is 0 Å². The van der Waals surface area contributed by atoms with Crippen molar-refractivity contribution >= 4 is 11.3 Å². The number of nitrogens with two attached hydrogens (primary N) is 1. The molecule has 1 saturated heterocycles. The van der Waals surface area contributed by atoms with Crippen LogP contribution < -0.4 is 5.73 Å². The molecule has 2 unspecified atom stereocenters. The molecule has 1 aliphatic heterocycles. The monoisotopic (exact) mass is 268 g/mol. The van der Waals surface area contributed by atoms with Crippen LogP contribution in [0.2, 0.25) is 0 Å². The summed E-state index contributed by atoms with van der Waals surface area (Å²) in [4.78, 5) is 4.78. The summed E-state index contributed by atoms with van der Waals surface area (Å²) >= 11 is 1.70. The molecule has 3 nitrogen and oxygen atoms in total. The maximum Gasteiger partial charge on any atom is 0.113 e. The minimum Gasteiger partial charge on any atom is -0.378 e. The molecule has 0 spiro atoms. The summed E-state index contributed by atoms with van der Waals surface area (Å²) in [5.41, 5.74) is 7.53. The van der Waals surface area contributed by atoms with Gasteiger partial charge in [-0.25, -0.2) is 4.98 Å². The average molecular weight is 268 g/mol. The summed E-state index contributed by atoms with van der Waals surface area (Å²) in [6, 6.07) is 0. The number of hydrogen-bond donors (Lipinski definition) is 1. The Morgan fingerprint density at radius 1 is 1.56 bits per heavy atom. The summed E-state index contributed by atoms with van der Waals surface area (Å²) in [6.07, 6.45) is 3.07. The van der Waals surface area contributed by atoms with E-state index in [-0.39, 0.29) is 17.1 Å². The van der Waals surface area contributed by atoms with Crippen molar-refractivity contribution in [2.24, 2.45) is 5.73 Å². The highest BCUT2D eigenvalue weighted by molar-refractivity contribution is 7.09. The fourth-order valence-electron chi connectivity index (χ4n) is 2.28. The minimum absolute atomic E-state index is 0.0977. The maximum absolute atomic E-state index is 6.57. The molecule has 2 atom stereocenters. The molecule has 18 heavy (non-hydrogen) atoms. The van der Waals surface area contributed by atoms with Gasteiger partial charge in [0.1, 0.15) is 5.01 Å². The average Bonchev–Trinajstić information content (AvgIpc) is 2.78. The fraction of sp³-hybridized carbons (Fsp3) is 0.786. The molecule has 102 valence electrons. The van der Waals surface area contributed by atoms with Crippen molar-refractivity contribution in [2.75, 3.05) is 6.61 Å². The second-order valence-corrected chi connectivity index (χ2v) is 7.16. The van der Waals surface area contributed by atoms with Crippen LogP contribution in [0.4, 0.5) is 0 Å². The van der Waals surface area contributed by atoms with E-state index >= 15 is 0 Å². The van der Waals surface area contributed by atoms with Gasteiger partial charge in [0.2, 0.25) is 0 Å². The Balaban J connectivity index is 2.22. The maximum atomic E-state index is 6.57. The molecule has 4 heteroatoms. The Morgan fingerprint density at radius 2 is 2.28 bits per heavy atom. The van der Waals surface area contributed by atoms with E-state index in [2.05, 4.69) is 33.1 Å². The molecule has 1 aromatic rings. The number of thiazole rings is 1. The van der Waals surface area contributed by atoms with Crippen molar-refractivity contribution < 1.29 is 4.74 Å². The van der Waals surface area contributed by atoms with Gasteiger partial charge < -0.3 is 10.5 Å². The van der Waals surface area contributed by atoms with Crippen LogP contribution in [0.25, 0.3) is 0 Å². The van der Waals surface area contributed by atoms with Crippen LogP contribution in [-0.4, -0.2) is 17.7 Å². The molecular formula is C14H24N2OS. The van der Waals surface area contributed by atoms with Gasteiger partial charge >= 0.3 is 0 Å². The molecule has 0 saturated carbocycles. The van der Waals surface area contributed by atoms with Crippen molar-refractivity contribution in [3.63, 3.8) is 0 Å². The number of rotatable bonds is 2. The summed E-state index contributed by atoms with van der Waals surface area (Å²) in [5, 5.41) is 3.23. The van der Waals surface area contributed by atoms with Crippen LogP contribution in [0, 0.1) is 0 Å². The molecule has 0 bridgehead atoms. The molecular weight excluding hydrogens is 244 g/mol. The zero-order valence-corrected chi connectivity index (χ0v) is 12.6. The highest BCUT2D eigenvalue weighted by Gasteiger charge is 2.37. The van der Waals surface area contributed by atoms with E-state index in [0.717, 1.165) is 36.6 Å². The van der Waals surface area contributed by atoms with E-state index in [1.165, 1.54) is 0 Å². The highest BCUT2D eigenvalue weighted by Crippen LogP contribution is 2.36. The minimum atomic E-state index is -0.285. The standard InChI is InChI=1S/C14H24N2OS/c1-5-10-8-14(15,6-7-17-10)12-16-11(9-18-12)13(2,3)4/h9-10H,5-8,15H2,1-4H3. The lowest BCUT2D eigenvalue weighted by Crippen LogP contribution is -2.45. The molecule has 0 aromatic carbocycles. The molecule has 0 aliphatic carbocycles. The lowest BCUT2D eigenvalue weighted by atomic mass is 9.87. The Morgan fingerprint density at radius 3 is 2.83 bits per heavy atom. The van der Waals surface area contributed by atoms with Gasteiger partial charge in [-0.2, -0.15) is 0 Å². The molecule has 0 radical (unpaired) electrons. The van der Waals surface area contributed by atoms with E-state index in [4.69, 9.17) is 15.5 Å². The van der Waals surface area contributed by atoms with E-state index in [9.17, 15) is 0 Å². The van der Waals surface area contributed by atoms with Crippen LogP contribution in [0.15, 0.2) is 5.38 Å². The summed E-state index contributed by atoms with van der Waals surface area (Å²) in [5.74, 6) is 0. The van der Waals surface area contributed by atoms with Gasteiger partial charge in [-0.1, -0.05) is 27.7 Å². The molecule has 1 aliphatic rings. The van der Waals surface area contributed by atoms with Crippen LogP contribution in [-0.2, 0) is 15.7 Å². The summed E-state index contributed by atoms with van der Waals surface area (Å²) in [6.45, 7) is 9.47. The second kappa shape index (κ2) is 4.91. The third-order valence-electron chi connectivity index (χ3n) is 3.65. The zero-order valence-electron chi connectivity index (χ0n) is 11.8. The van der Waals surface area contributed by atoms with Gasteiger partial charge in [0.05, 0.1) is 17.3 Å². The molecule has 1 aromatic heterocycles. The predicted molar refractivity (Wildman–Crippen MR) is 75.9 cm³/mol. The Bertz CT molecular complexity index is 410. The Hall–Kier alpha value is -0.450. The van der Waals surface area contributed by atoms with Crippen LogP contribution in [0.5, 0.6) is 0 Å². The van der Waals surface area contributed by atoms with Gasteiger partial charge in [-0.15, -0.1) is 11.3 Å². The Labute approximate surface area is 114 Å². The van der Waals surface area contributed by atoms with Gasteiger partial charge in [-0.3, -0.25) is 0 Å². The first-order valence-electron chi connectivity index (χ1n) is 6.72. The fourth-order valence-corrected chi connectivity index (χ4v) is 3.48. The first kappa shape index (κ1) is 14.0. The third-order valence-corrected chi connectivity index (χ3v) is 4.71. The third kappa shape index (κ3) is 2.76. The zero-order chi connectivity index (χ0) is 13.4. The molecule has 2 N–H and O–H groups in total. The molecule has 0 amide bonds. The molecule has 2 heterocycles. The number of aromatic nitrogens is 1. The second-order valence-electron chi connectivity index (χ2n) is 6.30. The lowest BCUT2D eigenvalue weighted by Gasteiger charge is -2.36. The van der Waals surface area contributed by atoms with Crippen molar-refractivity contribution in [3.05, 3.63) is 16.1 Å². The Kier molecular flexibility index (Phi) is 3.81. The van der Waals surface area contributed by atoms with Crippen LogP contribution >= 0.6 is 11.3 Å². The lowest BCUT2D eigenvalue weighted by molar-refractivity contribution is -0.0214. The SMILES string of the molecule is CCC1CC(N)(c2nc(C(C)(C)C)cs2)CCO1. The van der Waals surface area contributed by atoms with Gasteiger partial charge in [0, 0.05) is 17.4 Å². The summed E-state index contributed by atoms with van der Waals surface area (Å²) in [7, 11) is 0. The first-order chi connectivity index (χ1) is 8.35. The van der Waals surface area contributed by atoms with Gasteiger partial charge in [0.25, 0.3) is 0 Å². The normalized spacial score (nSPS) is 29.5. The van der Waals surface area contributed by atoms with Crippen molar-refractivity contribution in [1.82, 2.24) is 4.98 Å². The number of ether oxygens (including phenoxy) is 1. The van der Waals surface area contributed by atoms with E-state index in [1.54, 1.807) is 11.3 Å². The largest absolute Gasteiger partial charge is 0.378 e. The smallest absolute Gasteiger partial charge is 0.113 e. The highest BCUT2D eigenvalue weighted by atomic mass is 32.1. The van der Waals surface area contributed by atoms with Gasteiger partial charge in [0.15, 0.2) is 0 Å². The van der Waals surface area contributed by atoms with Crippen LogP contribution in [0.3, 0.4) is 0 Å². The molecule has 1 fully saturated rings. The van der Waals surface area contributed by atoms with Crippen molar-refractivity contribution in [2.45, 2.75) is 64.0 Å². The van der Waals surface area contributed by atoms with E-state index in [1.807, 2.05) is 0 Å². The van der Waals surface area contributed by atoms with Crippen molar-refractivity contribution in [3.8, 4) is 0 Å². The molecule has 2 rings (SSSR count). The first-order valence-corrected chi connectivity index (χ1v) is 7.60. The quantitative estimate of drug-likeness (QED) is 0.896.